The van der Waals surface area contributed by atoms with E-state index in [-0.39, 0.29) is 0 Å². The van der Waals surface area contributed by atoms with E-state index in [2.05, 4.69) is 52.9 Å². The van der Waals surface area contributed by atoms with Gasteiger partial charge in [0.15, 0.2) is 0 Å². The van der Waals surface area contributed by atoms with Crippen LogP contribution in [0.1, 0.15) is 19.4 Å². The minimum Gasteiger partial charge on any atom is -0.354 e. The van der Waals surface area contributed by atoms with Crippen LogP contribution in [0.2, 0.25) is 0 Å². The molecule has 2 unspecified atom stereocenters. The van der Waals surface area contributed by atoms with Crippen molar-refractivity contribution in [3.05, 3.63) is 23.9 Å². The molecular formula is C13H21N3S. The lowest BCUT2D eigenvalue weighted by molar-refractivity contribution is 0.717. The molecule has 2 rings (SSSR count). The van der Waals surface area contributed by atoms with E-state index in [1.807, 2.05) is 13.2 Å². The average Bonchev–Trinajstić information content (AvgIpc) is 2.29. The lowest BCUT2D eigenvalue weighted by Crippen LogP contribution is -2.40. The fraction of sp³-hybridized carbons (Fsp3) is 0.615. The number of nitrogens with one attached hydrogen (secondary N) is 1. The van der Waals surface area contributed by atoms with Crippen LogP contribution in [0.15, 0.2) is 18.3 Å². The van der Waals surface area contributed by atoms with E-state index < -0.39 is 0 Å². The van der Waals surface area contributed by atoms with Crippen molar-refractivity contribution in [1.82, 2.24) is 10.3 Å². The number of aromatic nitrogens is 1. The molecule has 1 aliphatic heterocycles. The summed E-state index contributed by atoms with van der Waals surface area (Å²) in [6.45, 7) is 7.68. The molecule has 0 spiro atoms. The lowest BCUT2D eigenvalue weighted by atomic mass is 10.2. The van der Waals surface area contributed by atoms with Gasteiger partial charge in [-0.25, -0.2) is 4.98 Å². The maximum Gasteiger partial charge on any atom is 0.128 e. The molecule has 2 heterocycles. The van der Waals surface area contributed by atoms with Crippen LogP contribution in [-0.4, -0.2) is 35.6 Å². The number of hydrogen-bond donors (Lipinski definition) is 1. The minimum atomic E-state index is 0.692. The molecule has 17 heavy (non-hydrogen) atoms. The lowest BCUT2D eigenvalue weighted by Gasteiger charge is -2.35. The number of pyridine rings is 1. The number of hydrogen-bond acceptors (Lipinski definition) is 4. The van der Waals surface area contributed by atoms with Gasteiger partial charge in [-0.15, -0.1) is 0 Å². The van der Waals surface area contributed by atoms with Crippen LogP contribution in [0.4, 0.5) is 5.82 Å². The van der Waals surface area contributed by atoms with Crippen molar-refractivity contribution in [2.45, 2.75) is 30.9 Å². The molecule has 4 heteroatoms. The third kappa shape index (κ3) is 3.36. The highest BCUT2D eigenvalue weighted by atomic mass is 32.2. The van der Waals surface area contributed by atoms with Crippen molar-refractivity contribution >= 4 is 17.6 Å². The summed E-state index contributed by atoms with van der Waals surface area (Å²) in [6.07, 6.45) is 1.98. The molecule has 1 aromatic rings. The second-order valence-electron chi connectivity index (χ2n) is 4.72. The molecule has 1 N–H and O–H groups in total. The van der Waals surface area contributed by atoms with Gasteiger partial charge < -0.3 is 10.2 Å². The van der Waals surface area contributed by atoms with Crippen LogP contribution in [0.3, 0.4) is 0 Å². The van der Waals surface area contributed by atoms with Crippen LogP contribution >= 0.6 is 11.8 Å². The number of nitrogens with zero attached hydrogens (tertiary/aromatic N) is 2. The first-order valence-electron chi connectivity index (χ1n) is 6.19. The van der Waals surface area contributed by atoms with E-state index in [0.717, 1.165) is 25.5 Å². The van der Waals surface area contributed by atoms with Gasteiger partial charge in [0.1, 0.15) is 5.82 Å². The molecule has 0 amide bonds. The van der Waals surface area contributed by atoms with Gasteiger partial charge in [0, 0.05) is 36.3 Å². The zero-order chi connectivity index (χ0) is 12.3. The second kappa shape index (κ2) is 5.74. The van der Waals surface area contributed by atoms with Crippen molar-refractivity contribution in [2.75, 3.05) is 25.0 Å². The van der Waals surface area contributed by atoms with Crippen molar-refractivity contribution in [1.29, 1.82) is 0 Å². The molecule has 1 fully saturated rings. The van der Waals surface area contributed by atoms with Gasteiger partial charge in [0.25, 0.3) is 0 Å². The van der Waals surface area contributed by atoms with Crippen LogP contribution in [-0.2, 0) is 6.54 Å². The maximum atomic E-state index is 4.57. The van der Waals surface area contributed by atoms with E-state index in [4.69, 9.17) is 0 Å². The summed E-state index contributed by atoms with van der Waals surface area (Å²) in [6, 6.07) is 4.30. The van der Waals surface area contributed by atoms with Gasteiger partial charge in [-0.2, -0.15) is 11.8 Å². The first kappa shape index (κ1) is 12.7. The summed E-state index contributed by atoms with van der Waals surface area (Å²) in [5.41, 5.74) is 1.24. The summed E-state index contributed by atoms with van der Waals surface area (Å²) < 4.78 is 0. The summed E-state index contributed by atoms with van der Waals surface area (Å²) in [4.78, 5) is 6.96. The molecular weight excluding hydrogens is 230 g/mol. The zero-order valence-corrected chi connectivity index (χ0v) is 11.6. The first-order chi connectivity index (χ1) is 8.19. The van der Waals surface area contributed by atoms with E-state index in [1.54, 1.807) is 0 Å². The Balaban J connectivity index is 2.06. The van der Waals surface area contributed by atoms with Gasteiger partial charge in [0.05, 0.1) is 0 Å². The standard InChI is InChI=1S/C13H21N3S/c1-10-8-16(9-11(2)17-10)13-5-4-12(6-14-3)7-15-13/h4-5,7,10-11,14H,6,8-9H2,1-3H3. The molecule has 0 radical (unpaired) electrons. The predicted molar refractivity (Wildman–Crippen MR) is 75.7 cm³/mol. The number of anilines is 1. The maximum absolute atomic E-state index is 4.57. The third-order valence-electron chi connectivity index (χ3n) is 2.93. The van der Waals surface area contributed by atoms with E-state index in [1.165, 1.54) is 5.56 Å². The quantitative estimate of drug-likeness (QED) is 0.891. The molecule has 3 nitrogen and oxygen atoms in total. The van der Waals surface area contributed by atoms with Gasteiger partial charge in [-0.1, -0.05) is 19.9 Å². The first-order valence-corrected chi connectivity index (χ1v) is 7.13. The minimum absolute atomic E-state index is 0.692. The highest BCUT2D eigenvalue weighted by Crippen LogP contribution is 2.27. The topological polar surface area (TPSA) is 28.2 Å². The van der Waals surface area contributed by atoms with Crippen LogP contribution in [0.5, 0.6) is 0 Å². The Hall–Kier alpha value is -0.740. The van der Waals surface area contributed by atoms with Crippen LogP contribution in [0.25, 0.3) is 0 Å². The van der Waals surface area contributed by atoms with Gasteiger partial charge in [0.2, 0.25) is 0 Å². The Bertz CT molecular complexity index is 342. The highest BCUT2D eigenvalue weighted by molar-refractivity contribution is 8.00. The second-order valence-corrected chi connectivity index (χ2v) is 6.60. The monoisotopic (exact) mass is 251 g/mol. The average molecular weight is 251 g/mol. The largest absolute Gasteiger partial charge is 0.354 e. The van der Waals surface area contributed by atoms with E-state index >= 15 is 0 Å². The SMILES string of the molecule is CNCc1ccc(N2CC(C)SC(C)C2)nc1. The Morgan fingerprint density at radius 1 is 1.35 bits per heavy atom. The summed E-state index contributed by atoms with van der Waals surface area (Å²) >= 11 is 2.07. The molecule has 1 saturated heterocycles. The van der Waals surface area contributed by atoms with E-state index in [9.17, 15) is 0 Å². The number of thioether (sulfide) groups is 1. The van der Waals surface area contributed by atoms with Gasteiger partial charge in [-0.05, 0) is 18.7 Å². The fourth-order valence-electron chi connectivity index (χ4n) is 2.28. The fourth-order valence-corrected chi connectivity index (χ4v) is 3.60. The number of rotatable bonds is 3. The Morgan fingerprint density at radius 2 is 2.06 bits per heavy atom. The summed E-state index contributed by atoms with van der Waals surface area (Å²) in [5, 5.41) is 4.52. The van der Waals surface area contributed by atoms with Crippen molar-refractivity contribution in [3.63, 3.8) is 0 Å². The summed E-state index contributed by atoms with van der Waals surface area (Å²) in [5.74, 6) is 1.11. The highest BCUT2D eigenvalue weighted by Gasteiger charge is 2.22. The Morgan fingerprint density at radius 3 is 2.59 bits per heavy atom. The zero-order valence-electron chi connectivity index (χ0n) is 10.8. The Labute approximate surface area is 108 Å². The smallest absolute Gasteiger partial charge is 0.128 e. The molecule has 1 aliphatic rings. The van der Waals surface area contributed by atoms with Crippen molar-refractivity contribution in [2.24, 2.45) is 0 Å². The van der Waals surface area contributed by atoms with Crippen molar-refractivity contribution < 1.29 is 0 Å². The molecule has 0 bridgehead atoms. The van der Waals surface area contributed by atoms with Crippen LogP contribution < -0.4 is 10.2 Å². The molecule has 0 saturated carbocycles. The van der Waals surface area contributed by atoms with E-state index in [0.29, 0.717) is 10.5 Å². The van der Waals surface area contributed by atoms with Gasteiger partial charge in [-0.3, -0.25) is 0 Å². The molecule has 0 aliphatic carbocycles. The molecule has 2 atom stereocenters. The third-order valence-corrected chi connectivity index (χ3v) is 4.16. The van der Waals surface area contributed by atoms with Crippen LogP contribution in [0, 0.1) is 0 Å². The van der Waals surface area contributed by atoms with Gasteiger partial charge >= 0.3 is 0 Å². The normalized spacial score (nSPS) is 25.0. The predicted octanol–water partition coefficient (Wildman–Crippen LogP) is 2.13. The molecule has 1 aromatic heterocycles. The molecule has 94 valence electrons. The molecule has 0 aromatic carbocycles. The van der Waals surface area contributed by atoms with Crippen molar-refractivity contribution in [3.8, 4) is 0 Å². The summed E-state index contributed by atoms with van der Waals surface area (Å²) in [7, 11) is 1.96. The Kier molecular flexibility index (Phi) is 4.29.